The number of rotatable bonds is 0. The summed E-state index contributed by atoms with van der Waals surface area (Å²) in [6.45, 7) is 3.59. The van der Waals surface area contributed by atoms with E-state index in [1.165, 1.54) is 0 Å². The summed E-state index contributed by atoms with van der Waals surface area (Å²) in [5, 5.41) is 6.62. The van der Waals surface area contributed by atoms with Gasteiger partial charge in [0.05, 0.1) is 0 Å². The predicted molar refractivity (Wildman–Crippen MR) is 37.9 cm³/mol. The van der Waals surface area contributed by atoms with Crippen LogP contribution in [0.3, 0.4) is 0 Å². The summed E-state index contributed by atoms with van der Waals surface area (Å²) in [6.07, 6.45) is 0. The van der Waals surface area contributed by atoms with Crippen LogP contribution in [0.25, 0.3) is 0 Å². The van der Waals surface area contributed by atoms with Crippen LogP contribution in [0.5, 0.6) is 0 Å². The number of hydrogen-bond acceptors (Lipinski definition) is 1. The highest BCUT2D eigenvalue weighted by Crippen LogP contribution is 1.70. The molecule has 8 heavy (non-hydrogen) atoms. The van der Waals surface area contributed by atoms with Gasteiger partial charge in [-0.25, -0.2) is 4.99 Å². The van der Waals surface area contributed by atoms with Crippen molar-refractivity contribution in [3.05, 3.63) is 0 Å². The zero-order chi connectivity index (χ0) is 5.86. The predicted octanol–water partition coefficient (Wildman–Crippen LogP) is 0.782. The van der Waals surface area contributed by atoms with Gasteiger partial charge in [0, 0.05) is 5.71 Å². The number of nitrogens with one attached hydrogen (secondary N) is 1. The van der Waals surface area contributed by atoms with E-state index in [0.29, 0.717) is 0 Å². The van der Waals surface area contributed by atoms with Crippen molar-refractivity contribution in [1.29, 1.82) is 5.41 Å². The molecule has 0 spiro atoms. The number of hydrogen-bond donors (Lipinski definition) is 2. The zero-order valence-electron chi connectivity index (χ0n) is 4.93. The minimum absolute atomic E-state index is 0. The van der Waals surface area contributed by atoms with Crippen molar-refractivity contribution < 1.29 is 0 Å². The van der Waals surface area contributed by atoms with E-state index in [1.54, 1.807) is 13.8 Å². The minimum atomic E-state index is -0.125. The fourth-order valence-electron chi connectivity index (χ4n) is 0.241. The van der Waals surface area contributed by atoms with Crippen LogP contribution in [0.15, 0.2) is 4.99 Å². The molecule has 4 heteroatoms. The summed E-state index contributed by atoms with van der Waals surface area (Å²) in [6, 6.07) is 0. The quantitative estimate of drug-likeness (QED) is 0.374. The highest BCUT2D eigenvalue weighted by atomic mass is 35.5. The number of nitrogens with two attached hydrogens (primary N) is 1. The van der Waals surface area contributed by atoms with E-state index in [0.717, 1.165) is 5.71 Å². The van der Waals surface area contributed by atoms with Crippen molar-refractivity contribution in [1.82, 2.24) is 0 Å². The molecule has 0 saturated heterocycles. The second-order valence-electron chi connectivity index (χ2n) is 1.44. The van der Waals surface area contributed by atoms with Gasteiger partial charge >= 0.3 is 0 Å². The molecule has 0 saturated carbocycles. The van der Waals surface area contributed by atoms with Gasteiger partial charge in [-0.2, -0.15) is 0 Å². The minimum Gasteiger partial charge on any atom is -0.368 e. The molecular formula is C4H10ClN3. The highest BCUT2D eigenvalue weighted by molar-refractivity contribution is 5.92. The molecule has 0 atom stereocenters. The van der Waals surface area contributed by atoms with Crippen LogP contribution >= 0.6 is 12.4 Å². The molecule has 0 unspecified atom stereocenters. The van der Waals surface area contributed by atoms with Crippen LogP contribution in [0, 0.1) is 5.41 Å². The van der Waals surface area contributed by atoms with Crippen LogP contribution in [0.2, 0.25) is 0 Å². The molecule has 0 aromatic heterocycles. The summed E-state index contributed by atoms with van der Waals surface area (Å²) in [5.41, 5.74) is 5.70. The first-order chi connectivity index (χ1) is 3.13. The lowest BCUT2D eigenvalue weighted by molar-refractivity contribution is 1.37. The van der Waals surface area contributed by atoms with Gasteiger partial charge < -0.3 is 5.73 Å². The average molecular weight is 136 g/mol. The van der Waals surface area contributed by atoms with Gasteiger partial charge in [0.15, 0.2) is 0 Å². The van der Waals surface area contributed by atoms with Crippen LogP contribution in [0.4, 0.5) is 0 Å². The number of halogens is 1. The standard InChI is InChI=1S/C4H9N3.ClH/c1-3(2)7-4(5)6;/h1-2H3,(H3,5,6);1H. The van der Waals surface area contributed by atoms with E-state index >= 15 is 0 Å². The monoisotopic (exact) mass is 135 g/mol. The van der Waals surface area contributed by atoms with Gasteiger partial charge in [0.25, 0.3) is 0 Å². The van der Waals surface area contributed by atoms with Crippen molar-refractivity contribution >= 4 is 24.1 Å². The summed E-state index contributed by atoms with van der Waals surface area (Å²) in [5.74, 6) is -0.125. The summed E-state index contributed by atoms with van der Waals surface area (Å²) >= 11 is 0. The lowest BCUT2D eigenvalue weighted by atomic mass is 10.5. The van der Waals surface area contributed by atoms with E-state index in [1.807, 2.05) is 0 Å². The molecule has 0 heterocycles. The Morgan fingerprint density at radius 3 is 1.88 bits per heavy atom. The van der Waals surface area contributed by atoms with Crippen molar-refractivity contribution in [2.24, 2.45) is 10.7 Å². The Kier molecular flexibility index (Phi) is 5.97. The molecule has 0 aliphatic carbocycles. The fourth-order valence-corrected chi connectivity index (χ4v) is 0.241. The Morgan fingerprint density at radius 1 is 1.50 bits per heavy atom. The first-order valence-corrected chi connectivity index (χ1v) is 1.99. The summed E-state index contributed by atoms with van der Waals surface area (Å²) in [4.78, 5) is 3.56. The third-order valence-electron chi connectivity index (χ3n) is 0.344. The number of aliphatic imine (C=N–C) groups is 1. The molecule has 0 aliphatic rings. The normalized spacial score (nSPS) is 6.75. The molecule has 0 aromatic carbocycles. The van der Waals surface area contributed by atoms with E-state index < -0.39 is 0 Å². The fraction of sp³-hybridized carbons (Fsp3) is 0.500. The smallest absolute Gasteiger partial charge is 0.212 e. The van der Waals surface area contributed by atoms with Crippen LogP contribution < -0.4 is 5.73 Å². The molecule has 0 fully saturated rings. The van der Waals surface area contributed by atoms with Crippen LogP contribution in [-0.2, 0) is 0 Å². The number of nitrogens with zero attached hydrogens (tertiary/aromatic N) is 1. The summed E-state index contributed by atoms with van der Waals surface area (Å²) < 4.78 is 0. The van der Waals surface area contributed by atoms with Crippen LogP contribution in [0.1, 0.15) is 13.8 Å². The molecule has 0 rings (SSSR count). The highest BCUT2D eigenvalue weighted by Gasteiger charge is 1.77. The molecule has 0 bridgehead atoms. The zero-order valence-corrected chi connectivity index (χ0v) is 5.75. The lowest BCUT2D eigenvalue weighted by Gasteiger charge is -1.84. The van der Waals surface area contributed by atoms with E-state index in [9.17, 15) is 0 Å². The first-order valence-electron chi connectivity index (χ1n) is 1.99. The third-order valence-corrected chi connectivity index (χ3v) is 0.344. The molecule has 0 aliphatic heterocycles. The molecular weight excluding hydrogens is 126 g/mol. The van der Waals surface area contributed by atoms with Gasteiger partial charge in [-0.15, -0.1) is 12.4 Å². The molecule has 0 aromatic rings. The maximum atomic E-state index is 6.62. The Labute approximate surface area is 54.9 Å². The van der Waals surface area contributed by atoms with Gasteiger partial charge in [-0.3, -0.25) is 5.41 Å². The van der Waals surface area contributed by atoms with Gasteiger partial charge in [-0.05, 0) is 13.8 Å². The van der Waals surface area contributed by atoms with Crippen molar-refractivity contribution in [2.75, 3.05) is 0 Å². The molecule has 0 amide bonds. The SMILES string of the molecule is CC(C)=NC(=N)N.Cl. The molecule has 3 N–H and O–H groups in total. The largest absolute Gasteiger partial charge is 0.368 e. The summed E-state index contributed by atoms with van der Waals surface area (Å²) in [7, 11) is 0. The maximum absolute atomic E-state index is 6.62. The lowest BCUT2D eigenvalue weighted by Crippen LogP contribution is -2.06. The topological polar surface area (TPSA) is 62.2 Å². The maximum Gasteiger partial charge on any atom is 0.212 e. The van der Waals surface area contributed by atoms with E-state index in [2.05, 4.69) is 4.99 Å². The molecule has 3 nitrogen and oxygen atoms in total. The van der Waals surface area contributed by atoms with Crippen LogP contribution in [-0.4, -0.2) is 11.7 Å². The molecule has 48 valence electrons. The Bertz CT molecular complexity index is 104. The Balaban J connectivity index is 0. The van der Waals surface area contributed by atoms with E-state index in [4.69, 9.17) is 11.1 Å². The number of guanidine groups is 1. The van der Waals surface area contributed by atoms with Crippen molar-refractivity contribution in [2.45, 2.75) is 13.8 Å². The van der Waals surface area contributed by atoms with Gasteiger partial charge in [0.2, 0.25) is 5.96 Å². The van der Waals surface area contributed by atoms with Gasteiger partial charge in [0.1, 0.15) is 0 Å². The van der Waals surface area contributed by atoms with E-state index in [-0.39, 0.29) is 18.4 Å². The Morgan fingerprint density at radius 2 is 1.88 bits per heavy atom. The first kappa shape index (κ1) is 10.4. The van der Waals surface area contributed by atoms with Gasteiger partial charge in [-0.1, -0.05) is 0 Å². The second kappa shape index (κ2) is 4.59. The second-order valence-corrected chi connectivity index (χ2v) is 1.44. The van der Waals surface area contributed by atoms with Crippen molar-refractivity contribution in [3.8, 4) is 0 Å². The molecule has 0 radical (unpaired) electrons. The Hall–Kier alpha value is -0.570. The average Bonchev–Trinajstić information content (AvgIpc) is 1.27. The third kappa shape index (κ3) is 9.06. The van der Waals surface area contributed by atoms with Crippen molar-refractivity contribution in [3.63, 3.8) is 0 Å².